The van der Waals surface area contributed by atoms with Crippen molar-refractivity contribution in [2.75, 3.05) is 6.54 Å². The van der Waals surface area contributed by atoms with Crippen molar-refractivity contribution in [3.63, 3.8) is 0 Å². The molecule has 0 atom stereocenters. The second-order valence-electron chi connectivity index (χ2n) is 3.90. The first-order chi connectivity index (χ1) is 8.65. The zero-order valence-electron chi connectivity index (χ0n) is 9.91. The molecule has 1 aromatic heterocycles. The van der Waals surface area contributed by atoms with Crippen molar-refractivity contribution in [1.29, 1.82) is 0 Å². The minimum absolute atomic E-state index is 0.603. The molecule has 1 aromatic carbocycles. The number of nitrogens with one attached hydrogen (secondary N) is 1. The smallest absolute Gasteiger partial charge is 0.223 e. The predicted molar refractivity (Wildman–Crippen MR) is 73.6 cm³/mol. The quantitative estimate of drug-likeness (QED) is 0.856. The van der Waals surface area contributed by atoms with E-state index in [9.17, 15) is 0 Å². The number of aryl methyl sites for hydroxylation is 1. The number of halogens is 2. The fraction of sp³-hybridized carbons (Fsp3) is 0.333. The van der Waals surface area contributed by atoms with Gasteiger partial charge in [-0.2, -0.15) is 4.98 Å². The summed E-state index contributed by atoms with van der Waals surface area (Å²) in [5.74, 6) is 1.34. The van der Waals surface area contributed by atoms with Crippen molar-refractivity contribution in [1.82, 2.24) is 15.5 Å². The minimum Gasteiger partial charge on any atom is -0.340 e. The van der Waals surface area contributed by atoms with E-state index in [0.717, 1.165) is 34.8 Å². The van der Waals surface area contributed by atoms with Gasteiger partial charge in [-0.05, 0) is 33.6 Å². The molecule has 0 aliphatic rings. The number of aromatic nitrogens is 2. The van der Waals surface area contributed by atoms with Crippen LogP contribution in [-0.2, 0) is 13.0 Å². The molecule has 0 unspecified atom stereocenters. The highest BCUT2D eigenvalue weighted by Crippen LogP contribution is 2.22. The zero-order chi connectivity index (χ0) is 13.0. The Morgan fingerprint density at radius 2 is 2.28 bits per heavy atom. The highest BCUT2D eigenvalue weighted by atomic mass is 79.9. The van der Waals surface area contributed by atoms with E-state index < -0.39 is 0 Å². The van der Waals surface area contributed by atoms with Crippen LogP contribution in [0.2, 0.25) is 5.02 Å². The Morgan fingerprint density at radius 3 is 2.94 bits per heavy atom. The van der Waals surface area contributed by atoms with Crippen molar-refractivity contribution in [2.45, 2.75) is 19.9 Å². The summed E-state index contributed by atoms with van der Waals surface area (Å²) in [6.45, 7) is 3.38. The Labute approximate surface area is 119 Å². The fourth-order valence-electron chi connectivity index (χ4n) is 1.53. The van der Waals surface area contributed by atoms with Crippen LogP contribution in [-0.4, -0.2) is 16.7 Å². The van der Waals surface area contributed by atoms with Crippen LogP contribution in [0.4, 0.5) is 0 Å². The molecular weight excluding hydrogens is 318 g/mol. The fourth-order valence-corrected chi connectivity index (χ4v) is 2.07. The molecule has 6 heteroatoms. The predicted octanol–water partition coefficient (Wildman–Crippen LogP) is 3.13. The highest BCUT2D eigenvalue weighted by molar-refractivity contribution is 9.10. The molecule has 0 aliphatic heterocycles. The summed E-state index contributed by atoms with van der Waals surface area (Å²) in [7, 11) is 0. The molecule has 18 heavy (non-hydrogen) atoms. The van der Waals surface area contributed by atoms with E-state index in [-0.39, 0.29) is 0 Å². The first-order valence-electron chi connectivity index (χ1n) is 5.59. The molecule has 0 aliphatic carbocycles. The summed E-state index contributed by atoms with van der Waals surface area (Å²) >= 11 is 9.33. The summed E-state index contributed by atoms with van der Waals surface area (Å²) in [5.41, 5.74) is 1.18. The van der Waals surface area contributed by atoms with Crippen molar-refractivity contribution in [2.24, 2.45) is 0 Å². The number of hydrogen-bond acceptors (Lipinski definition) is 4. The van der Waals surface area contributed by atoms with E-state index in [1.54, 1.807) is 6.92 Å². The lowest BCUT2D eigenvalue weighted by Gasteiger charge is -2.04. The molecular formula is C12H13BrClN3O. The topological polar surface area (TPSA) is 51.0 Å². The van der Waals surface area contributed by atoms with Crippen molar-refractivity contribution < 1.29 is 4.52 Å². The summed E-state index contributed by atoms with van der Waals surface area (Å²) in [4.78, 5) is 4.14. The average Bonchev–Trinajstić information content (AvgIpc) is 2.75. The van der Waals surface area contributed by atoms with Gasteiger partial charge in [0.05, 0.1) is 5.02 Å². The summed E-state index contributed by atoms with van der Waals surface area (Å²) in [6.07, 6.45) is 0.756. The first kappa shape index (κ1) is 13.5. The van der Waals surface area contributed by atoms with E-state index in [4.69, 9.17) is 16.1 Å². The van der Waals surface area contributed by atoms with E-state index >= 15 is 0 Å². The Kier molecular flexibility index (Phi) is 4.74. The van der Waals surface area contributed by atoms with Crippen LogP contribution >= 0.6 is 27.5 Å². The molecule has 0 spiro atoms. The normalized spacial score (nSPS) is 10.8. The van der Waals surface area contributed by atoms with Gasteiger partial charge in [-0.15, -0.1) is 0 Å². The van der Waals surface area contributed by atoms with Crippen LogP contribution in [0.15, 0.2) is 27.2 Å². The molecule has 96 valence electrons. The second-order valence-corrected chi connectivity index (χ2v) is 5.17. The Morgan fingerprint density at radius 1 is 1.44 bits per heavy atom. The standard InChI is InChI=1S/C12H13BrClN3O/c1-8-16-12(17-18-8)4-5-15-7-9-2-3-11(14)10(13)6-9/h2-3,6,15H,4-5,7H2,1H3. The third-order valence-corrected chi connectivity index (χ3v) is 3.62. The molecule has 0 saturated heterocycles. The van der Waals surface area contributed by atoms with E-state index in [0.29, 0.717) is 5.89 Å². The molecule has 2 aromatic rings. The van der Waals surface area contributed by atoms with Crippen LogP contribution in [0, 0.1) is 6.92 Å². The van der Waals surface area contributed by atoms with Crippen LogP contribution in [0.1, 0.15) is 17.3 Å². The van der Waals surface area contributed by atoms with Crippen LogP contribution in [0.3, 0.4) is 0 Å². The summed E-state index contributed by atoms with van der Waals surface area (Å²) in [5, 5.41) is 7.88. The van der Waals surface area contributed by atoms with Gasteiger partial charge in [0.25, 0.3) is 0 Å². The molecule has 0 saturated carbocycles. The van der Waals surface area contributed by atoms with E-state index in [1.807, 2.05) is 18.2 Å². The van der Waals surface area contributed by atoms with Gasteiger partial charge in [0.2, 0.25) is 5.89 Å². The minimum atomic E-state index is 0.603. The lowest BCUT2D eigenvalue weighted by Crippen LogP contribution is -2.17. The molecule has 0 bridgehead atoms. The first-order valence-corrected chi connectivity index (χ1v) is 6.76. The molecule has 1 N–H and O–H groups in total. The molecule has 4 nitrogen and oxygen atoms in total. The average molecular weight is 331 g/mol. The van der Waals surface area contributed by atoms with Gasteiger partial charge in [-0.1, -0.05) is 22.8 Å². The number of nitrogens with zero attached hydrogens (tertiary/aromatic N) is 2. The summed E-state index contributed by atoms with van der Waals surface area (Å²) in [6, 6.07) is 5.89. The maximum absolute atomic E-state index is 5.93. The van der Waals surface area contributed by atoms with Gasteiger partial charge in [0.15, 0.2) is 5.82 Å². The van der Waals surface area contributed by atoms with Crippen LogP contribution in [0.5, 0.6) is 0 Å². The SMILES string of the molecule is Cc1nc(CCNCc2ccc(Cl)c(Br)c2)no1. The second kappa shape index (κ2) is 6.31. The van der Waals surface area contributed by atoms with Crippen molar-refractivity contribution in [3.8, 4) is 0 Å². The molecule has 1 heterocycles. The van der Waals surface area contributed by atoms with Crippen LogP contribution in [0.25, 0.3) is 0 Å². The third-order valence-electron chi connectivity index (χ3n) is 2.41. The molecule has 0 fully saturated rings. The lowest BCUT2D eigenvalue weighted by atomic mass is 10.2. The highest BCUT2D eigenvalue weighted by Gasteiger charge is 2.02. The number of hydrogen-bond donors (Lipinski definition) is 1. The Bertz CT molecular complexity index is 530. The lowest BCUT2D eigenvalue weighted by molar-refractivity contribution is 0.387. The van der Waals surface area contributed by atoms with Gasteiger partial charge < -0.3 is 9.84 Å². The molecule has 0 radical (unpaired) electrons. The van der Waals surface area contributed by atoms with E-state index in [1.165, 1.54) is 5.56 Å². The number of benzene rings is 1. The molecule has 0 amide bonds. The molecule has 2 rings (SSSR count). The van der Waals surface area contributed by atoms with Crippen LogP contribution < -0.4 is 5.32 Å². The van der Waals surface area contributed by atoms with Crippen molar-refractivity contribution >= 4 is 27.5 Å². The van der Waals surface area contributed by atoms with Crippen molar-refractivity contribution in [3.05, 3.63) is 45.0 Å². The van der Waals surface area contributed by atoms with Gasteiger partial charge in [0, 0.05) is 30.9 Å². The monoisotopic (exact) mass is 329 g/mol. The maximum Gasteiger partial charge on any atom is 0.223 e. The van der Waals surface area contributed by atoms with Gasteiger partial charge in [-0.3, -0.25) is 0 Å². The third kappa shape index (κ3) is 3.80. The van der Waals surface area contributed by atoms with E-state index in [2.05, 4.69) is 31.4 Å². The summed E-state index contributed by atoms with van der Waals surface area (Å²) < 4.78 is 5.81. The largest absolute Gasteiger partial charge is 0.340 e. The van der Waals surface area contributed by atoms with Gasteiger partial charge in [-0.25, -0.2) is 0 Å². The Balaban J connectivity index is 1.76. The maximum atomic E-state index is 5.93. The van der Waals surface area contributed by atoms with Gasteiger partial charge >= 0.3 is 0 Å². The Hall–Kier alpha value is -0.910. The number of rotatable bonds is 5. The van der Waals surface area contributed by atoms with Gasteiger partial charge in [0.1, 0.15) is 0 Å². The zero-order valence-corrected chi connectivity index (χ0v) is 12.3.